The Kier molecular flexibility index (Phi) is 6.32. The monoisotopic (exact) mass is 439 g/mol. The van der Waals surface area contributed by atoms with Crippen molar-refractivity contribution in [2.75, 3.05) is 40.1 Å². The van der Waals surface area contributed by atoms with E-state index >= 15 is 0 Å². The van der Waals surface area contributed by atoms with Gasteiger partial charge in [0.15, 0.2) is 11.5 Å². The second-order valence-corrected chi connectivity index (χ2v) is 7.35. The maximum absolute atomic E-state index is 13.0. The summed E-state index contributed by atoms with van der Waals surface area (Å²) in [5.41, 5.74) is 1.03. The Hall–Kier alpha value is -3.52. The number of Topliss-reactive ketones (excluding diaryl/α,β-unsaturated/α-hetero) is 1. The molecule has 0 bridgehead atoms. The number of carbonyl (C=O) groups is 2. The van der Waals surface area contributed by atoms with Crippen molar-refractivity contribution in [1.82, 2.24) is 4.90 Å². The second kappa shape index (κ2) is 9.32. The van der Waals surface area contributed by atoms with E-state index in [1.807, 2.05) is 6.92 Å². The van der Waals surface area contributed by atoms with Crippen LogP contribution in [0.3, 0.4) is 0 Å². The number of methoxy groups -OCH3 is 1. The zero-order valence-electron chi connectivity index (χ0n) is 18.0. The van der Waals surface area contributed by atoms with Gasteiger partial charge in [-0.25, -0.2) is 0 Å². The number of likely N-dealkylation sites (tertiary alicyclic amines) is 1. The van der Waals surface area contributed by atoms with E-state index in [2.05, 4.69) is 0 Å². The Bertz CT molecular complexity index is 1060. The molecule has 0 radical (unpaired) electrons. The van der Waals surface area contributed by atoms with Crippen molar-refractivity contribution < 1.29 is 33.6 Å². The van der Waals surface area contributed by atoms with Crippen LogP contribution >= 0.6 is 0 Å². The first-order chi connectivity index (χ1) is 15.5. The zero-order chi connectivity index (χ0) is 22.7. The van der Waals surface area contributed by atoms with Gasteiger partial charge in [-0.3, -0.25) is 9.59 Å². The minimum absolute atomic E-state index is 0.0106. The maximum atomic E-state index is 13.0. The number of aliphatic hydroxyl groups is 1. The lowest BCUT2D eigenvalue weighted by Gasteiger charge is -2.25. The van der Waals surface area contributed by atoms with E-state index in [4.69, 9.17) is 18.9 Å². The number of aliphatic hydroxyl groups excluding tert-OH is 1. The Balaban J connectivity index is 1.82. The molecule has 2 heterocycles. The van der Waals surface area contributed by atoms with Gasteiger partial charge in [0, 0.05) is 19.2 Å². The molecule has 1 fully saturated rings. The van der Waals surface area contributed by atoms with E-state index in [0.29, 0.717) is 48.2 Å². The lowest BCUT2D eigenvalue weighted by Crippen LogP contribution is -2.32. The van der Waals surface area contributed by atoms with E-state index in [-0.39, 0.29) is 24.5 Å². The fourth-order valence-electron chi connectivity index (χ4n) is 3.93. The van der Waals surface area contributed by atoms with Crippen LogP contribution in [0.25, 0.3) is 5.76 Å². The molecule has 1 N–H and O–H groups in total. The number of fused-ring (bicyclic) bond motifs is 1. The van der Waals surface area contributed by atoms with Crippen molar-refractivity contribution in [2.45, 2.75) is 13.0 Å². The van der Waals surface area contributed by atoms with Crippen LogP contribution < -0.4 is 14.2 Å². The lowest BCUT2D eigenvalue weighted by molar-refractivity contribution is -0.140. The SMILES string of the molecule is CCOc1cccc([C@H]2C(=C(O)c3ccc4c(c3)OCCO4)C(=O)C(=O)N2CCOC)c1. The average Bonchev–Trinajstić information content (AvgIpc) is 3.07. The van der Waals surface area contributed by atoms with E-state index in [9.17, 15) is 14.7 Å². The van der Waals surface area contributed by atoms with E-state index in [1.54, 1.807) is 42.5 Å². The van der Waals surface area contributed by atoms with Gasteiger partial charge in [0.25, 0.3) is 11.7 Å². The van der Waals surface area contributed by atoms with Gasteiger partial charge in [-0.05, 0) is 42.8 Å². The van der Waals surface area contributed by atoms with Gasteiger partial charge in [-0.1, -0.05) is 12.1 Å². The first-order valence-electron chi connectivity index (χ1n) is 10.4. The van der Waals surface area contributed by atoms with E-state index < -0.39 is 17.7 Å². The second-order valence-electron chi connectivity index (χ2n) is 7.35. The smallest absolute Gasteiger partial charge is 0.295 e. The molecule has 0 spiro atoms. The molecule has 1 atom stereocenters. The number of hydrogen-bond donors (Lipinski definition) is 1. The molecule has 2 aliphatic rings. The number of amides is 1. The summed E-state index contributed by atoms with van der Waals surface area (Å²) >= 11 is 0. The Labute approximate surface area is 185 Å². The quantitative estimate of drug-likeness (QED) is 0.403. The Morgan fingerprint density at radius 3 is 2.66 bits per heavy atom. The van der Waals surface area contributed by atoms with E-state index in [1.165, 1.54) is 12.0 Å². The normalized spacial score (nSPS) is 19.3. The fraction of sp³-hybridized carbons (Fsp3) is 0.333. The van der Waals surface area contributed by atoms with Crippen LogP contribution in [0.4, 0.5) is 0 Å². The summed E-state index contributed by atoms with van der Waals surface area (Å²) in [5.74, 6) is -0.0555. The van der Waals surface area contributed by atoms with E-state index in [0.717, 1.165) is 0 Å². The highest BCUT2D eigenvalue weighted by Gasteiger charge is 2.46. The van der Waals surface area contributed by atoms with Crippen molar-refractivity contribution in [2.24, 2.45) is 0 Å². The predicted octanol–water partition coefficient (Wildman–Crippen LogP) is 2.92. The van der Waals surface area contributed by atoms with Gasteiger partial charge in [-0.2, -0.15) is 0 Å². The van der Waals surface area contributed by atoms with Crippen molar-refractivity contribution in [1.29, 1.82) is 0 Å². The zero-order valence-corrected chi connectivity index (χ0v) is 18.0. The molecule has 1 amide bonds. The van der Waals surface area contributed by atoms with Gasteiger partial charge < -0.3 is 29.0 Å². The van der Waals surface area contributed by atoms with Gasteiger partial charge in [0.2, 0.25) is 0 Å². The van der Waals surface area contributed by atoms with Crippen LogP contribution in [-0.4, -0.2) is 61.8 Å². The molecule has 2 aromatic rings. The molecule has 0 aromatic heterocycles. The summed E-state index contributed by atoms with van der Waals surface area (Å²) in [6.45, 7) is 3.63. The largest absolute Gasteiger partial charge is 0.507 e. The third-order valence-electron chi connectivity index (χ3n) is 5.38. The molecule has 8 heteroatoms. The summed E-state index contributed by atoms with van der Waals surface area (Å²) in [6, 6.07) is 11.3. The molecule has 0 saturated carbocycles. The van der Waals surface area contributed by atoms with Gasteiger partial charge in [0.05, 0.1) is 24.8 Å². The van der Waals surface area contributed by atoms with Gasteiger partial charge in [0.1, 0.15) is 24.7 Å². The molecule has 2 aliphatic heterocycles. The summed E-state index contributed by atoms with van der Waals surface area (Å²) in [4.78, 5) is 27.3. The first kappa shape index (κ1) is 21.7. The minimum atomic E-state index is -0.779. The van der Waals surface area contributed by atoms with Crippen LogP contribution in [-0.2, 0) is 14.3 Å². The van der Waals surface area contributed by atoms with Crippen LogP contribution in [0, 0.1) is 0 Å². The number of carbonyl (C=O) groups excluding carboxylic acids is 2. The number of hydrogen-bond acceptors (Lipinski definition) is 7. The van der Waals surface area contributed by atoms with Crippen molar-refractivity contribution in [3.63, 3.8) is 0 Å². The molecule has 1 saturated heterocycles. The lowest BCUT2D eigenvalue weighted by atomic mass is 9.95. The molecule has 2 aromatic carbocycles. The van der Waals surface area contributed by atoms with Gasteiger partial charge in [-0.15, -0.1) is 0 Å². The van der Waals surface area contributed by atoms with Gasteiger partial charge >= 0.3 is 0 Å². The third-order valence-corrected chi connectivity index (χ3v) is 5.38. The summed E-state index contributed by atoms with van der Waals surface area (Å²) in [6.07, 6.45) is 0. The molecule has 8 nitrogen and oxygen atoms in total. The molecular weight excluding hydrogens is 414 g/mol. The van der Waals surface area contributed by atoms with Crippen LogP contribution in [0.2, 0.25) is 0 Å². The fourth-order valence-corrected chi connectivity index (χ4v) is 3.93. The minimum Gasteiger partial charge on any atom is -0.507 e. The van der Waals surface area contributed by atoms with Crippen molar-refractivity contribution in [3.05, 3.63) is 59.2 Å². The molecule has 0 aliphatic carbocycles. The maximum Gasteiger partial charge on any atom is 0.295 e. The van der Waals surface area contributed by atoms with Crippen LogP contribution in [0.15, 0.2) is 48.0 Å². The molecule has 0 unspecified atom stereocenters. The number of nitrogens with zero attached hydrogens (tertiary/aromatic N) is 1. The average molecular weight is 439 g/mol. The molecule has 32 heavy (non-hydrogen) atoms. The molecular formula is C24H25NO7. The standard InChI is InChI=1S/C24H25NO7/c1-3-30-17-6-4-5-15(13-17)21-20(23(27)24(28)25(21)9-10-29-2)22(26)16-7-8-18-19(14-16)32-12-11-31-18/h4-8,13-14,21,26H,3,9-12H2,1-2H3/t21-/m0/s1. The number of ketones is 1. The topological polar surface area (TPSA) is 94.5 Å². The van der Waals surface area contributed by atoms with Crippen LogP contribution in [0.5, 0.6) is 17.2 Å². The molecule has 4 rings (SSSR count). The third kappa shape index (κ3) is 4.01. The molecule has 168 valence electrons. The number of benzene rings is 2. The highest BCUT2D eigenvalue weighted by Crippen LogP contribution is 2.41. The summed E-state index contributed by atoms with van der Waals surface area (Å²) in [7, 11) is 1.52. The predicted molar refractivity (Wildman–Crippen MR) is 116 cm³/mol. The number of ether oxygens (including phenoxy) is 4. The van der Waals surface area contributed by atoms with Crippen molar-refractivity contribution in [3.8, 4) is 17.2 Å². The summed E-state index contributed by atoms with van der Waals surface area (Å²) < 4.78 is 21.9. The highest BCUT2D eigenvalue weighted by molar-refractivity contribution is 6.46. The first-order valence-corrected chi connectivity index (χ1v) is 10.4. The Morgan fingerprint density at radius 2 is 1.91 bits per heavy atom. The van der Waals surface area contributed by atoms with Crippen molar-refractivity contribution >= 4 is 17.4 Å². The highest BCUT2D eigenvalue weighted by atomic mass is 16.6. The number of rotatable bonds is 7. The van der Waals surface area contributed by atoms with Crippen LogP contribution in [0.1, 0.15) is 24.1 Å². The summed E-state index contributed by atoms with van der Waals surface area (Å²) in [5, 5.41) is 11.2. The Morgan fingerprint density at radius 1 is 1.12 bits per heavy atom.